The molecule has 0 bridgehead atoms. The molecule has 1 aromatic rings. The van der Waals surface area contributed by atoms with Crippen LogP contribution in [-0.2, 0) is 21.2 Å². The molecule has 2 aliphatic rings. The Labute approximate surface area is 168 Å². The molecule has 0 aliphatic carbocycles. The number of nitrogens with one attached hydrogen (secondary N) is 2. The molecule has 0 radical (unpaired) electrons. The summed E-state index contributed by atoms with van der Waals surface area (Å²) < 4.78 is 26.9. The van der Waals surface area contributed by atoms with Crippen molar-refractivity contribution < 1.29 is 13.2 Å². The number of sulfonamides is 1. The number of amides is 1. The van der Waals surface area contributed by atoms with Gasteiger partial charge in [0.15, 0.2) is 0 Å². The first kappa shape index (κ1) is 22.1. The second-order valence-electron chi connectivity index (χ2n) is 7.43. The Morgan fingerprint density at radius 2 is 1.85 bits per heavy atom. The van der Waals surface area contributed by atoms with Crippen LogP contribution in [0.5, 0.6) is 0 Å². The quantitative estimate of drug-likeness (QED) is 0.771. The monoisotopic (exact) mass is 415 g/mol. The highest BCUT2D eigenvalue weighted by atomic mass is 35.5. The number of hydrogen-bond donors (Lipinski definition) is 2. The van der Waals surface area contributed by atoms with E-state index in [-0.39, 0.29) is 30.8 Å². The number of nitrogens with zero attached hydrogens (tertiary/aromatic N) is 1. The average molecular weight is 416 g/mol. The fraction of sp³-hybridized carbons (Fsp3) is 0.632. The number of rotatable bonds is 5. The normalized spacial score (nSPS) is 24.0. The van der Waals surface area contributed by atoms with Gasteiger partial charge < -0.3 is 10.6 Å². The lowest BCUT2D eigenvalue weighted by Crippen LogP contribution is -2.46. The van der Waals surface area contributed by atoms with Gasteiger partial charge in [-0.25, -0.2) is 8.42 Å². The molecule has 1 aromatic carbocycles. The van der Waals surface area contributed by atoms with Gasteiger partial charge in [-0.1, -0.05) is 18.6 Å². The van der Waals surface area contributed by atoms with Crippen molar-refractivity contribution in [1.29, 1.82) is 0 Å². The molecule has 2 unspecified atom stereocenters. The number of halogens is 1. The molecular weight excluding hydrogens is 386 g/mol. The van der Waals surface area contributed by atoms with Crippen LogP contribution in [0.2, 0.25) is 0 Å². The Morgan fingerprint density at radius 1 is 1.19 bits per heavy atom. The smallest absolute Gasteiger partial charge is 0.243 e. The predicted octanol–water partition coefficient (Wildman–Crippen LogP) is 2.08. The van der Waals surface area contributed by atoms with Crippen LogP contribution >= 0.6 is 12.4 Å². The molecule has 1 amide bonds. The van der Waals surface area contributed by atoms with Crippen LogP contribution in [0.15, 0.2) is 29.2 Å². The molecule has 2 heterocycles. The van der Waals surface area contributed by atoms with Crippen molar-refractivity contribution in [3.8, 4) is 0 Å². The Bertz CT molecular complexity index is 718. The van der Waals surface area contributed by atoms with E-state index in [1.165, 1.54) is 0 Å². The van der Waals surface area contributed by atoms with Crippen molar-refractivity contribution in [2.45, 2.75) is 62.4 Å². The van der Waals surface area contributed by atoms with Crippen LogP contribution in [0.3, 0.4) is 0 Å². The lowest BCUT2D eigenvalue weighted by molar-refractivity contribution is -0.121. The minimum absolute atomic E-state index is 0. The van der Waals surface area contributed by atoms with Gasteiger partial charge in [0, 0.05) is 25.2 Å². The molecule has 2 saturated heterocycles. The van der Waals surface area contributed by atoms with Gasteiger partial charge in [-0.2, -0.15) is 4.31 Å². The molecule has 2 fully saturated rings. The molecule has 8 heteroatoms. The summed E-state index contributed by atoms with van der Waals surface area (Å²) in [5, 5.41) is 6.46. The fourth-order valence-corrected chi connectivity index (χ4v) is 5.28. The van der Waals surface area contributed by atoms with E-state index in [0.717, 1.165) is 44.2 Å². The second-order valence-corrected chi connectivity index (χ2v) is 9.37. The topological polar surface area (TPSA) is 78.5 Å². The van der Waals surface area contributed by atoms with E-state index >= 15 is 0 Å². The minimum Gasteiger partial charge on any atom is -0.353 e. The van der Waals surface area contributed by atoms with Crippen LogP contribution in [0.4, 0.5) is 0 Å². The average Bonchev–Trinajstić information content (AvgIpc) is 2.63. The van der Waals surface area contributed by atoms with Crippen LogP contribution in [0.1, 0.15) is 44.6 Å². The van der Waals surface area contributed by atoms with Crippen molar-refractivity contribution in [2.75, 3.05) is 19.6 Å². The van der Waals surface area contributed by atoms with Gasteiger partial charge >= 0.3 is 0 Å². The molecule has 152 valence electrons. The van der Waals surface area contributed by atoms with E-state index in [2.05, 4.69) is 17.6 Å². The van der Waals surface area contributed by atoms with Gasteiger partial charge in [0.05, 0.1) is 11.3 Å². The summed E-state index contributed by atoms with van der Waals surface area (Å²) in [5.41, 5.74) is 0.835. The first-order chi connectivity index (χ1) is 12.4. The number of carbonyl (C=O) groups is 1. The summed E-state index contributed by atoms with van der Waals surface area (Å²) in [6.07, 6.45) is 5.11. The zero-order valence-corrected chi connectivity index (χ0v) is 17.4. The molecule has 0 saturated carbocycles. The van der Waals surface area contributed by atoms with Crippen molar-refractivity contribution in [1.82, 2.24) is 14.9 Å². The van der Waals surface area contributed by atoms with Gasteiger partial charge in [0.1, 0.15) is 0 Å². The third kappa shape index (κ3) is 5.91. The van der Waals surface area contributed by atoms with Crippen LogP contribution in [0, 0.1) is 0 Å². The van der Waals surface area contributed by atoms with E-state index in [1.54, 1.807) is 28.6 Å². The fourth-order valence-electron chi connectivity index (χ4n) is 3.76. The maximum Gasteiger partial charge on any atom is 0.243 e. The Hall–Kier alpha value is -1.15. The summed E-state index contributed by atoms with van der Waals surface area (Å²) >= 11 is 0. The van der Waals surface area contributed by atoms with E-state index < -0.39 is 10.0 Å². The van der Waals surface area contributed by atoms with Gasteiger partial charge in [0.25, 0.3) is 0 Å². The highest BCUT2D eigenvalue weighted by molar-refractivity contribution is 7.89. The predicted molar refractivity (Wildman–Crippen MR) is 109 cm³/mol. The number of carbonyl (C=O) groups excluding carboxylic acids is 1. The van der Waals surface area contributed by atoms with Crippen molar-refractivity contribution in [3.63, 3.8) is 0 Å². The zero-order valence-electron chi connectivity index (χ0n) is 15.8. The third-order valence-electron chi connectivity index (χ3n) is 5.23. The van der Waals surface area contributed by atoms with Gasteiger partial charge in [0.2, 0.25) is 15.9 Å². The molecule has 2 atom stereocenters. The lowest BCUT2D eigenvalue weighted by Gasteiger charge is -2.28. The maximum absolute atomic E-state index is 12.7. The van der Waals surface area contributed by atoms with E-state index in [9.17, 15) is 13.2 Å². The van der Waals surface area contributed by atoms with E-state index in [0.29, 0.717) is 24.0 Å². The van der Waals surface area contributed by atoms with Gasteiger partial charge in [-0.05, 0) is 56.8 Å². The largest absolute Gasteiger partial charge is 0.353 e. The lowest BCUT2D eigenvalue weighted by atomic mass is 10.0. The first-order valence-corrected chi connectivity index (χ1v) is 11.0. The summed E-state index contributed by atoms with van der Waals surface area (Å²) in [6.45, 7) is 4.25. The standard InChI is InChI=1S/C19H29N3O3S.ClH/c1-15-13-17(9-10-20-15)21-19(23)14-16-5-7-18(8-6-16)26(24,25)22-11-3-2-4-12-22;/h5-8,15,17,20H,2-4,9-14H2,1H3,(H,21,23);1H. The summed E-state index contributed by atoms with van der Waals surface area (Å²) in [6, 6.07) is 7.40. The molecule has 6 nitrogen and oxygen atoms in total. The molecule has 2 N–H and O–H groups in total. The van der Waals surface area contributed by atoms with Gasteiger partial charge in [-0.3, -0.25) is 4.79 Å². The highest BCUT2D eigenvalue weighted by Gasteiger charge is 2.26. The van der Waals surface area contributed by atoms with Crippen molar-refractivity contribution >= 4 is 28.3 Å². The molecule has 27 heavy (non-hydrogen) atoms. The molecule has 3 rings (SSSR count). The minimum atomic E-state index is -3.41. The SMILES string of the molecule is CC1CC(NC(=O)Cc2ccc(S(=O)(=O)N3CCCCC3)cc2)CCN1.Cl. The Balaban J connectivity index is 0.00000261. The van der Waals surface area contributed by atoms with Crippen LogP contribution < -0.4 is 10.6 Å². The van der Waals surface area contributed by atoms with Crippen molar-refractivity contribution in [3.05, 3.63) is 29.8 Å². The number of benzene rings is 1. The summed E-state index contributed by atoms with van der Waals surface area (Å²) in [7, 11) is -3.41. The van der Waals surface area contributed by atoms with E-state index in [4.69, 9.17) is 0 Å². The second kappa shape index (κ2) is 9.87. The molecule has 0 spiro atoms. The van der Waals surface area contributed by atoms with Crippen LogP contribution in [0.25, 0.3) is 0 Å². The maximum atomic E-state index is 12.7. The molecule has 2 aliphatic heterocycles. The molecule has 0 aromatic heterocycles. The zero-order chi connectivity index (χ0) is 18.6. The highest BCUT2D eigenvalue weighted by Crippen LogP contribution is 2.21. The van der Waals surface area contributed by atoms with Gasteiger partial charge in [-0.15, -0.1) is 12.4 Å². The Morgan fingerprint density at radius 3 is 2.48 bits per heavy atom. The summed E-state index contributed by atoms with van der Waals surface area (Å²) in [4.78, 5) is 12.6. The third-order valence-corrected chi connectivity index (χ3v) is 7.14. The van der Waals surface area contributed by atoms with Crippen LogP contribution in [-0.4, -0.2) is 50.3 Å². The number of piperidine rings is 2. The Kier molecular flexibility index (Phi) is 8.09. The molecular formula is C19H30ClN3O3S. The number of hydrogen-bond acceptors (Lipinski definition) is 4. The summed E-state index contributed by atoms with van der Waals surface area (Å²) in [5.74, 6) is -0.00395. The van der Waals surface area contributed by atoms with E-state index in [1.807, 2.05) is 0 Å². The van der Waals surface area contributed by atoms with Crippen molar-refractivity contribution in [2.24, 2.45) is 0 Å². The first-order valence-electron chi connectivity index (χ1n) is 9.57.